The molecule has 4 heteroatoms. The summed E-state index contributed by atoms with van der Waals surface area (Å²) in [6.45, 7) is 13.5. The second kappa shape index (κ2) is 13.0. The highest BCUT2D eigenvalue weighted by atomic mass is 15.3. The van der Waals surface area contributed by atoms with Crippen molar-refractivity contribution >= 4 is 5.96 Å². The first kappa shape index (κ1) is 19.0. The summed E-state index contributed by atoms with van der Waals surface area (Å²) in [7, 11) is 3.97. The topological polar surface area (TPSA) is 30.9 Å². The summed E-state index contributed by atoms with van der Waals surface area (Å²) < 4.78 is 0. The van der Waals surface area contributed by atoms with Gasteiger partial charge >= 0.3 is 0 Å². The number of aliphatic imine (C=N–C) groups is 1. The number of unbranched alkanes of at least 4 members (excludes halogenated alkanes) is 3. The predicted octanol–water partition coefficient (Wildman–Crippen LogP) is 2.58. The van der Waals surface area contributed by atoms with Gasteiger partial charge in [-0.1, -0.05) is 26.3 Å². The second-order valence-electron chi connectivity index (χ2n) is 5.06. The maximum atomic E-state index is 4.35. The summed E-state index contributed by atoms with van der Waals surface area (Å²) in [4.78, 5) is 8.98. The number of hydrogen-bond donors (Lipinski definition) is 1. The van der Waals surface area contributed by atoms with Gasteiger partial charge in [-0.15, -0.1) is 6.58 Å². The van der Waals surface area contributed by atoms with Crippen molar-refractivity contribution in [3.8, 4) is 0 Å². The molecule has 0 aromatic rings. The monoisotopic (exact) mass is 282 g/mol. The fraction of sp³-hybridized carbons (Fsp3) is 0.812. The number of nitrogens with one attached hydrogen (secondary N) is 1. The number of rotatable bonds is 11. The van der Waals surface area contributed by atoms with Gasteiger partial charge in [0.05, 0.1) is 0 Å². The number of guanidine groups is 1. The number of likely N-dealkylation sites (N-methyl/N-ethyl adjacent to an activating group) is 1. The SMILES string of the molecule is C=CCCCCCN(C)C(=NC)NCCN(CC)CC. The molecule has 0 saturated carbocycles. The summed E-state index contributed by atoms with van der Waals surface area (Å²) in [5, 5.41) is 3.44. The number of allylic oxidation sites excluding steroid dienone is 1. The van der Waals surface area contributed by atoms with E-state index in [9.17, 15) is 0 Å². The molecule has 20 heavy (non-hydrogen) atoms. The third-order valence-corrected chi connectivity index (χ3v) is 3.58. The van der Waals surface area contributed by atoms with E-state index in [4.69, 9.17) is 0 Å². The zero-order chi connectivity index (χ0) is 15.2. The van der Waals surface area contributed by atoms with Gasteiger partial charge in [-0.3, -0.25) is 4.99 Å². The van der Waals surface area contributed by atoms with E-state index in [0.29, 0.717) is 0 Å². The van der Waals surface area contributed by atoms with Gasteiger partial charge in [0.1, 0.15) is 0 Å². The van der Waals surface area contributed by atoms with Crippen molar-refractivity contribution in [2.24, 2.45) is 4.99 Å². The molecular weight excluding hydrogens is 248 g/mol. The molecule has 0 aromatic carbocycles. The van der Waals surface area contributed by atoms with Crippen LogP contribution in [0, 0.1) is 0 Å². The van der Waals surface area contributed by atoms with E-state index in [1.807, 2.05) is 13.1 Å². The Hall–Kier alpha value is -1.03. The molecule has 118 valence electrons. The molecule has 0 heterocycles. The molecule has 0 aliphatic heterocycles. The molecule has 0 spiro atoms. The van der Waals surface area contributed by atoms with Crippen LogP contribution in [0.4, 0.5) is 0 Å². The molecule has 0 aromatic heterocycles. The van der Waals surface area contributed by atoms with Crippen LogP contribution < -0.4 is 5.32 Å². The molecule has 0 rings (SSSR count). The molecule has 4 nitrogen and oxygen atoms in total. The highest BCUT2D eigenvalue weighted by molar-refractivity contribution is 5.79. The molecule has 0 saturated heterocycles. The van der Waals surface area contributed by atoms with Crippen molar-refractivity contribution in [1.29, 1.82) is 0 Å². The predicted molar refractivity (Wildman–Crippen MR) is 90.4 cm³/mol. The minimum Gasteiger partial charge on any atom is -0.355 e. The van der Waals surface area contributed by atoms with Gasteiger partial charge in [0.25, 0.3) is 0 Å². The molecule has 0 bridgehead atoms. The van der Waals surface area contributed by atoms with Crippen molar-refractivity contribution in [3.63, 3.8) is 0 Å². The second-order valence-corrected chi connectivity index (χ2v) is 5.06. The van der Waals surface area contributed by atoms with Crippen LogP contribution >= 0.6 is 0 Å². The molecule has 0 amide bonds. The summed E-state index contributed by atoms with van der Waals surface area (Å²) in [6.07, 6.45) is 6.83. The maximum Gasteiger partial charge on any atom is 0.193 e. The largest absolute Gasteiger partial charge is 0.355 e. The van der Waals surface area contributed by atoms with Crippen LogP contribution in [0.3, 0.4) is 0 Å². The lowest BCUT2D eigenvalue weighted by Crippen LogP contribution is -2.42. The Morgan fingerprint density at radius 1 is 1.15 bits per heavy atom. The van der Waals surface area contributed by atoms with E-state index in [1.165, 1.54) is 19.3 Å². The van der Waals surface area contributed by atoms with Gasteiger partial charge in [0.15, 0.2) is 5.96 Å². The molecule has 0 radical (unpaired) electrons. The van der Waals surface area contributed by atoms with Gasteiger partial charge < -0.3 is 15.1 Å². The Morgan fingerprint density at radius 2 is 1.85 bits per heavy atom. The molecule has 1 N–H and O–H groups in total. The van der Waals surface area contributed by atoms with Gasteiger partial charge in [-0.05, 0) is 32.4 Å². The van der Waals surface area contributed by atoms with Crippen LogP contribution in [0.15, 0.2) is 17.6 Å². The highest BCUT2D eigenvalue weighted by Crippen LogP contribution is 2.01. The van der Waals surface area contributed by atoms with Gasteiger partial charge in [-0.25, -0.2) is 0 Å². The van der Waals surface area contributed by atoms with Crippen molar-refractivity contribution < 1.29 is 0 Å². The minimum absolute atomic E-state index is 0.954. The van der Waals surface area contributed by atoms with Crippen LogP contribution in [0.2, 0.25) is 0 Å². The molecule has 0 atom stereocenters. The number of nitrogens with zero attached hydrogens (tertiary/aromatic N) is 3. The third-order valence-electron chi connectivity index (χ3n) is 3.58. The number of hydrogen-bond acceptors (Lipinski definition) is 2. The van der Waals surface area contributed by atoms with Crippen LogP contribution in [-0.4, -0.2) is 62.6 Å². The zero-order valence-electron chi connectivity index (χ0n) is 14.0. The Morgan fingerprint density at radius 3 is 2.40 bits per heavy atom. The Kier molecular flexibility index (Phi) is 12.3. The van der Waals surface area contributed by atoms with E-state index >= 15 is 0 Å². The quantitative estimate of drug-likeness (QED) is 0.273. The van der Waals surface area contributed by atoms with Crippen molar-refractivity contribution in [1.82, 2.24) is 15.1 Å². The molecule has 0 unspecified atom stereocenters. The summed E-state index contributed by atoms with van der Waals surface area (Å²) in [5.74, 6) is 1.00. The Bertz CT molecular complexity index is 259. The molecular formula is C16H34N4. The first-order valence-electron chi connectivity index (χ1n) is 7.94. The van der Waals surface area contributed by atoms with E-state index in [1.54, 1.807) is 0 Å². The lowest BCUT2D eigenvalue weighted by atomic mass is 10.2. The van der Waals surface area contributed by atoms with Crippen molar-refractivity contribution in [2.45, 2.75) is 39.5 Å². The molecule has 0 aliphatic carbocycles. The van der Waals surface area contributed by atoms with E-state index in [0.717, 1.165) is 45.1 Å². The highest BCUT2D eigenvalue weighted by Gasteiger charge is 2.05. The van der Waals surface area contributed by atoms with Gasteiger partial charge in [0, 0.05) is 33.7 Å². The third kappa shape index (κ3) is 8.97. The van der Waals surface area contributed by atoms with Crippen molar-refractivity contribution in [2.75, 3.05) is 46.8 Å². The van der Waals surface area contributed by atoms with E-state index < -0.39 is 0 Å². The van der Waals surface area contributed by atoms with Crippen molar-refractivity contribution in [3.05, 3.63) is 12.7 Å². The summed E-state index contributed by atoms with van der Waals surface area (Å²) in [5.41, 5.74) is 0. The average Bonchev–Trinajstić information content (AvgIpc) is 2.47. The van der Waals surface area contributed by atoms with E-state index in [2.05, 4.69) is 47.6 Å². The first-order valence-corrected chi connectivity index (χ1v) is 7.94. The molecule has 0 aliphatic rings. The average molecular weight is 282 g/mol. The lowest BCUT2D eigenvalue weighted by Gasteiger charge is -2.24. The van der Waals surface area contributed by atoms with Crippen LogP contribution in [0.1, 0.15) is 39.5 Å². The normalized spacial score (nSPS) is 11.8. The van der Waals surface area contributed by atoms with Gasteiger partial charge in [0.2, 0.25) is 0 Å². The minimum atomic E-state index is 0.954. The zero-order valence-corrected chi connectivity index (χ0v) is 14.0. The van der Waals surface area contributed by atoms with Crippen LogP contribution in [0.25, 0.3) is 0 Å². The fourth-order valence-electron chi connectivity index (χ4n) is 2.17. The van der Waals surface area contributed by atoms with Gasteiger partial charge in [-0.2, -0.15) is 0 Å². The first-order chi connectivity index (χ1) is 9.69. The maximum absolute atomic E-state index is 4.35. The summed E-state index contributed by atoms with van der Waals surface area (Å²) in [6, 6.07) is 0. The lowest BCUT2D eigenvalue weighted by molar-refractivity contribution is 0.306. The van der Waals surface area contributed by atoms with E-state index in [-0.39, 0.29) is 0 Å². The fourth-order valence-corrected chi connectivity index (χ4v) is 2.17. The Balaban J connectivity index is 3.85. The molecule has 0 fully saturated rings. The Labute approximate surface area is 125 Å². The standard InChI is InChI=1S/C16H34N4/c1-6-9-10-11-12-14-19(5)16(17-4)18-13-15-20(7-2)8-3/h6H,1,7-15H2,2-5H3,(H,17,18). The van der Waals surface area contributed by atoms with Crippen LogP contribution in [0.5, 0.6) is 0 Å². The van der Waals surface area contributed by atoms with Crippen LogP contribution in [-0.2, 0) is 0 Å². The summed E-state index contributed by atoms with van der Waals surface area (Å²) >= 11 is 0. The smallest absolute Gasteiger partial charge is 0.193 e.